The van der Waals surface area contributed by atoms with E-state index in [0.29, 0.717) is 11.8 Å². The highest BCUT2D eigenvalue weighted by Crippen LogP contribution is 2.37. The smallest absolute Gasteiger partial charge is 0.234 e. The van der Waals surface area contributed by atoms with Crippen LogP contribution in [0.3, 0.4) is 0 Å². The van der Waals surface area contributed by atoms with Gasteiger partial charge in [0.15, 0.2) is 5.16 Å². The third-order valence-corrected chi connectivity index (χ3v) is 4.52. The number of aromatic nitrogens is 3. The average Bonchev–Trinajstić information content (AvgIpc) is 3.19. The molecule has 110 valence electrons. The van der Waals surface area contributed by atoms with Crippen molar-refractivity contribution in [3.63, 3.8) is 0 Å². The highest BCUT2D eigenvalue weighted by molar-refractivity contribution is 7.99. The fraction of sp³-hybridized carbons (Fsp3) is 0.400. The Labute approximate surface area is 128 Å². The van der Waals surface area contributed by atoms with E-state index in [1.165, 1.54) is 24.6 Å². The standard InChI is InChI=1S/C15H18N4OS/c1-10-4-3-5-11(2)14(10)17-13(20)8-21-15-18-16-9-19(15)12-6-7-12/h3-5,9,12H,6-8H2,1-2H3,(H,17,20). The quantitative estimate of drug-likeness (QED) is 0.863. The zero-order valence-electron chi connectivity index (χ0n) is 12.2. The van der Waals surface area contributed by atoms with Crippen molar-refractivity contribution in [1.82, 2.24) is 14.8 Å². The van der Waals surface area contributed by atoms with Gasteiger partial charge in [0.25, 0.3) is 0 Å². The number of benzene rings is 1. The second-order valence-corrected chi connectivity index (χ2v) is 6.30. The number of carbonyl (C=O) groups excluding carboxylic acids is 1. The number of nitrogens with zero attached hydrogens (tertiary/aromatic N) is 3. The van der Waals surface area contributed by atoms with Crippen molar-refractivity contribution in [3.05, 3.63) is 35.7 Å². The molecule has 0 bridgehead atoms. The maximum atomic E-state index is 12.1. The van der Waals surface area contributed by atoms with E-state index < -0.39 is 0 Å². The summed E-state index contributed by atoms with van der Waals surface area (Å²) in [7, 11) is 0. The van der Waals surface area contributed by atoms with Gasteiger partial charge >= 0.3 is 0 Å². The largest absolute Gasteiger partial charge is 0.325 e. The predicted molar refractivity (Wildman–Crippen MR) is 83.6 cm³/mol. The van der Waals surface area contributed by atoms with Gasteiger partial charge in [-0.3, -0.25) is 4.79 Å². The number of hydrogen-bond donors (Lipinski definition) is 1. The van der Waals surface area contributed by atoms with Gasteiger partial charge in [0.05, 0.1) is 5.75 Å². The van der Waals surface area contributed by atoms with E-state index in [4.69, 9.17) is 0 Å². The Morgan fingerprint density at radius 3 is 2.76 bits per heavy atom. The molecule has 5 nitrogen and oxygen atoms in total. The van der Waals surface area contributed by atoms with E-state index in [0.717, 1.165) is 22.0 Å². The summed E-state index contributed by atoms with van der Waals surface area (Å²) < 4.78 is 2.07. The first-order valence-electron chi connectivity index (χ1n) is 7.03. The summed E-state index contributed by atoms with van der Waals surface area (Å²) in [5.41, 5.74) is 3.07. The summed E-state index contributed by atoms with van der Waals surface area (Å²) >= 11 is 1.44. The molecule has 0 radical (unpaired) electrons. The Hall–Kier alpha value is -1.82. The molecule has 0 unspecified atom stereocenters. The molecular weight excluding hydrogens is 284 g/mol. The minimum Gasteiger partial charge on any atom is -0.325 e. The molecule has 1 aliphatic carbocycles. The first-order valence-corrected chi connectivity index (χ1v) is 8.02. The van der Waals surface area contributed by atoms with Crippen LogP contribution >= 0.6 is 11.8 Å². The number of carbonyl (C=O) groups is 1. The van der Waals surface area contributed by atoms with Gasteiger partial charge < -0.3 is 9.88 Å². The van der Waals surface area contributed by atoms with Crippen molar-refractivity contribution in [1.29, 1.82) is 0 Å². The molecule has 6 heteroatoms. The fourth-order valence-electron chi connectivity index (χ4n) is 2.26. The minimum atomic E-state index is -0.0113. The van der Waals surface area contributed by atoms with Crippen LogP contribution in [0.15, 0.2) is 29.7 Å². The number of para-hydroxylation sites is 1. The normalized spacial score (nSPS) is 14.2. The van der Waals surface area contributed by atoms with Crippen LogP contribution in [0.1, 0.15) is 30.0 Å². The van der Waals surface area contributed by atoms with Crippen molar-refractivity contribution >= 4 is 23.4 Å². The van der Waals surface area contributed by atoms with Gasteiger partial charge in [-0.2, -0.15) is 0 Å². The molecule has 1 heterocycles. The number of amides is 1. The summed E-state index contributed by atoms with van der Waals surface area (Å²) in [5, 5.41) is 11.8. The van der Waals surface area contributed by atoms with E-state index >= 15 is 0 Å². The number of thioether (sulfide) groups is 1. The zero-order valence-corrected chi connectivity index (χ0v) is 13.0. The summed E-state index contributed by atoms with van der Waals surface area (Å²) in [6, 6.07) is 6.52. The highest BCUT2D eigenvalue weighted by Gasteiger charge is 2.26. The number of nitrogens with one attached hydrogen (secondary N) is 1. The summed E-state index contributed by atoms with van der Waals surface area (Å²) in [6.07, 6.45) is 4.11. The van der Waals surface area contributed by atoms with E-state index in [9.17, 15) is 4.79 Å². The van der Waals surface area contributed by atoms with Crippen LogP contribution < -0.4 is 5.32 Å². The van der Waals surface area contributed by atoms with E-state index in [1.54, 1.807) is 6.33 Å². The van der Waals surface area contributed by atoms with Crippen LogP contribution in [0.2, 0.25) is 0 Å². The Balaban J connectivity index is 1.60. The molecule has 0 aliphatic heterocycles. The Kier molecular flexibility index (Phi) is 3.96. The maximum Gasteiger partial charge on any atom is 0.234 e. The number of hydrogen-bond acceptors (Lipinski definition) is 4. The van der Waals surface area contributed by atoms with Crippen molar-refractivity contribution in [2.75, 3.05) is 11.1 Å². The molecular formula is C15H18N4OS. The van der Waals surface area contributed by atoms with Crippen LogP contribution in [0.25, 0.3) is 0 Å². The van der Waals surface area contributed by atoms with Crippen LogP contribution in [0, 0.1) is 13.8 Å². The lowest BCUT2D eigenvalue weighted by Gasteiger charge is -2.11. The molecule has 1 saturated carbocycles. The molecule has 0 saturated heterocycles. The number of aryl methyl sites for hydroxylation is 2. The lowest BCUT2D eigenvalue weighted by atomic mass is 10.1. The lowest BCUT2D eigenvalue weighted by molar-refractivity contribution is -0.113. The number of anilines is 1. The monoisotopic (exact) mass is 302 g/mol. The molecule has 1 aliphatic rings. The van der Waals surface area contributed by atoms with Gasteiger partial charge in [0, 0.05) is 11.7 Å². The lowest BCUT2D eigenvalue weighted by Crippen LogP contribution is -2.16. The Morgan fingerprint density at radius 1 is 1.38 bits per heavy atom. The van der Waals surface area contributed by atoms with Gasteiger partial charge in [0.2, 0.25) is 5.91 Å². The van der Waals surface area contributed by atoms with Crippen molar-refractivity contribution in [2.24, 2.45) is 0 Å². The molecule has 2 aromatic rings. The molecule has 3 rings (SSSR count). The van der Waals surface area contributed by atoms with Crippen LogP contribution in [-0.2, 0) is 4.79 Å². The second-order valence-electron chi connectivity index (χ2n) is 5.36. The van der Waals surface area contributed by atoms with Crippen LogP contribution in [0.4, 0.5) is 5.69 Å². The topological polar surface area (TPSA) is 59.8 Å². The van der Waals surface area contributed by atoms with Gasteiger partial charge in [-0.05, 0) is 37.8 Å². The van der Waals surface area contributed by atoms with Crippen LogP contribution in [-0.4, -0.2) is 26.4 Å². The van der Waals surface area contributed by atoms with Crippen molar-refractivity contribution < 1.29 is 4.79 Å². The number of rotatable bonds is 5. The SMILES string of the molecule is Cc1cccc(C)c1NC(=O)CSc1nncn1C1CC1. The van der Waals surface area contributed by atoms with Gasteiger partial charge in [-0.25, -0.2) is 0 Å². The van der Waals surface area contributed by atoms with Gasteiger partial charge in [-0.1, -0.05) is 30.0 Å². The predicted octanol–water partition coefficient (Wildman–Crippen LogP) is 2.96. The molecule has 1 amide bonds. The maximum absolute atomic E-state index is 12.1. The molecule has 1 aromatic heterocycles. The second kappa shape index (κ2) is 5.89. The van der Waals surface area contributed by atoms with Crippen molar-refractivity contribution in [2.45, 2.75) is 37.9 Å². The zero-order chi connectivity index (χ0) is 14.8. The molecule has 1 fully saturated rings. The molecule has 1 N–H and O–H groups in total. The Bertz CT molecular complexity index is 643. The molecule has 0 spiro atoms. The first-order chi connectivity index (χ1) is 10.1. The van der Waals surface area contributed by atoms with E-state index in [1.807, 2.05) is 32.0 Å². The third-order valence-electron chi connectivity index (χ3n) is 3.56. The third kappa shape index (κ3) is 3.26. The summed E-state index contributed by atoms with van der Waals surface area (Å²) in [4.78, 5) is 12.1. The van der Waals surface area contributed by atoms with E-state index in [2.05, 4.69) is 20.1 Å². The molecule has 0 atom stereocenters. The van der Waals surface area contributed by atoms with E-state index in [-0.39, 0.29) is 5.91 Å². The molecule has 21 heavy (non-hydrogen) atoms. The van der Waals surface area contributed by atoms with Crippen LogP contribution in [0.5, 0.6) is 0 Å². The Morgan fingerprint density at radius 2 is 2.10 bits per heavy atom. The first kappa shape index (κ1) is 14.1. The van der Waals surface area contributed by atoms with Crippen molar-refractivity contribution in [3.8, 4) is 0 Å². The minimum absolute atomic E-state index is 0.0113. The fourth-order valence-corrected chi connectivity index (χ4v) is 3.04. The average molecular weight is 302 g/mol. The molecule has 1 aromatic carbocycles. The highest BCUT2D eigenvalue weighted by atomic mass is 32.2. The summed E-state index contributed by atoms with van der Waals surface area (Å²) in [6.45, 7) is 4.00. The van der Waals surface area contributed by atoms with Gasteiger partial charge in [0.1, 0.15) is 6.33 Å². The summed E-state index contributed by atoms with van der Waals surface area (Å²) in [5.74, 6) is 0.335. The van der Waals surface area contributed by atoms with Gasteiger partial charge in [-0.15, -0.1) is 10.2 Å².